The van der Waals surface area contributed by atoms with Crippen LogP contribution in [0.5, 0.6) is 5.75 Å². The van der Waals surface area contributed by atoms with Crippen molar-refractivity contribution in [2.45, 2.75) is 13.0 Å². The number of aromatic amines is 1. The highest BCUT2D eigenvalue weighted by Crippen LogP contribution is 2.28. The molecule has 0 bridgehead atoms. The minimum absolute atomic E-state index is 0.299. The summed E-state index contributed by atoms with van der Waals surface area (Å²) in [5, 5.41) is 0.543. The molecule has 0 aliphatic carbocycles. The summed E-state index contributed by atoms with van der Waals surface area (Å²) < 4.78 is 18.9. The first-order valence-corrected chi connectivity index (χ1v) is 6.57. The molecule has 5 heteroatoms. The summed E-state index contributed by atoms with van der Waals surface area (Å²) in [6.07, 6.45) is -0.314. The minimum atomic E-state index is -0.314. The van der Waals surface area contributed by atoms with Crippen LogP contribution < -0.4 is 4.74 Å². The summed E-state index contributed by atoms with van der Waals surface area (Å²) in [4.78, 5) is 7.45. The number of halogens is 2. The Labute approximate surface area is 120 Å². The van der Waals surface area contributed by atoms with Gasteiger partial charge in [-0.25, -0.2) is 9.37 Å². The maximum Gasteiger partial charge on any atom is 0.153 e. The molecule has 1 N–H and O–H groups in total. The van der Waals surface area contributed by atoms with E-state index in [1.165, 1.54) is 12.1 Å². The van der Waals surface area contributed by atoms with Crippen LogP contribution in [0.15, 0.2) is 42.5 Å². The van der Waals surface area contributed by atoms with Crippen LogP contribution >= 0.6 is 11.6 Å². The van der Waals surface area contributed by atoms with E-state index >= 15 is 0 Å². The molecular formula is C15H12ClFN2O. The van der Waals surface area contributed by atoms with Crippen LogP contribution in [0.4, 0.5) is 4.39 Å². The van der Waals surface area contributed by atoms with Crippen LogP contribution in [0.25, 0.3) is 11.0 Å². The molecule has 3 aromatic rings. The smallest absolute Gasteiger partial charge is 0.153 e. The number of nitrogens with one attached hydrogen (secondary N) is 1. The van der Waals surface area contributed by atoms with Gasteiger partial charge in [0, 0.05) is 0 Å². The van der Waals surface area contributed by atoms with Gasteiger partial charge in [0.25, 0.3) is 0 Å². The highest BCUT2D eigenvalue weighted by molar-refractivity contribution is 6.32. The lowest BCUT2D eigenvalue weighted by Crippen LogP contribution is -2.05. The topological polar surface area (TPSA) is 37.9 Å². The first-order chi connectivity index (χ1) is 9.63. The van der Waals surface area contributed by atoms with Crippen LogP contribution in [0.3, 0.4) is 0 Å². The fourth-order valence-electron chi connectivity index (χ4n) is 1.98. The van der Waals surface area contributed by atoms with Gasteiger partial charge in [-0.1, -0.05) is 23.7 Å². The zero-order valence-corrected chi connectivity index (χ0v) is 11.5. The quantitative estimate of drug-likeness (QED) is 0.771. The molecule has 0 aliphatic heterocycles. The van der Waals surface area contributed by atoms with Crippen molar-refractivity contribution in [3.8, 4) is 5.75 Å². The molecule has 1 aromatic heterocycles. The maximum absolute atomic E-state index is 13.2. The Hall–Kier alpha value is -2.07. The molecule has 0 aliphatic rings. The second-order valence-corrected chi connectivity index (χ2v) is 4.88. The highest BCUT2D eigenvalue weighted by atomic mass is 35.5. The zero-order valence-electron chi connectivity index (χ0n) is 10.7. The normalized spacial score (nSPS) is 12.6. The van der Waals surface area contributed by atoms with Crippen molar-refractivity contribution in [2.24, 2.45) is 0 Å². The lowest BCUT2D eigenvalue weighted by molar-refractivity contribution is 0.218. The van der Waals surface area contributed by atoms with Gasteiger partial charge >= 0.3 is 0 Å². The standard InChI is InChI=1S/C15H12ClFN2O/c1-9(20-14-5-3-2-4-11(14)16)15-18-12-7-6-10(17)8-13(12)19-15/h2-9H,1H3,(H,18,19)/t9-/m0/s1. The van der Waals surface area contributed by atoms with E-state index in [9.17, 15) is 4.39 Å². The van der Waals surface area contributed by atoms with Gasteiger partial charge in [0.15, 0.2) is 6.10 Å². The van der Waals surface area contributed by atoms with Crippen molar-refractivity contribution in [1.82, 2.24) is 9.97 Å². The zero-order chi connectivity index (χ0) is 14.1. The summed E-state index contributed by atoms with van der Waals surface area (Å²) in [5.41, 5.74) is 1.35. The second kappa shape index (κ2) is 5.13. The molecule has 0 amide bonds. The van der Waals surface area contributed by atoms with Gasteiger partial charge in [0.1, 0.15) is 17.4 Å². The van der Waals surface area contributed by atoms with Gasteiger partial charge in [-0.15, -0.1) is 0 Å². The molecule has 0 radical (unpaired) electrons. The van der Waals surface area contributed by atoms with Gasteiger partial charge in [-0.05, 0) is 37.3 Å². The third-order valence-electron chi connectivity index (χ3n) is 2.99. The number of hydrogen-bond acceptors (Lipinski definition) is 2. The number of imidazole rings is 1. The Kier molecular flexibility index (Phi) is 3.32. The second-order valence-electron chi connectivity index (χ2n) is 4.47. The number of H-pyrrole nitrogens is 1. The first-order valence-electron chi connectivity index (χ1n) is 6.20. The predicted octanol–water partition coefficient (Wildman–Crippen LogP) is 4.50. The van der Waals surface area contributed by atoms with Gasteiger partial charge in [0.05, 0.1) is 16.1 Å². The Balaban J connectivity index is 1.89. The van der Waals surface area contributed by atoms with Crippen molar-refractivity contribution in [2.75, 3.05) is 0 Å². The van der Waals surface area contributed by atoms with Crippen molar-refractivity contribution in [3.63, 3.8) is 0 Å². The molecule has 3 rings (SSSR count). The Morgan fingerprint density at radius 1 is 1.25 bits per heavy atom. The molecule has 1 atom stereocenters. The Bertz CT molecular complexity index is 756. The average Bonchev–Trinajstić information content (AvgIpc) is 2.84. The van der Waals surface area contributed by atoms with Crippen molar-refractivity contribution in [1.29, 1.82) is 0 Å². The van der Waals surface area contributed by atoms with E-state index in [-0.39, 0.29) is 11.9 Å². The van der Waals surface area contributed by atoms with E-state index in [0.29, 0.717) is 27.6 Å². The van der Waals surface area contributed by atoms with Crippen LogP contribution in [-0.2, 0) is 0 Å². The fraction of sp³-hybridized carbons (Fsp3) is 0.133. The molecule has 0 fully saturated rings. The maximum atomic E-state index is 13.2. The molecule has 102 valence electrons. The number of para-hydroxylation sites is 1. The molecule has 1 heterocycles. The molecule has 20 heavy (non-hydrogen) atoms. The highest BCUT2D eigenvalue weighted by Gasteiger charge is 2.14. The number of hydrogen-bond donors (Lipinski definition) is 1. The van der Waals surface area contributed by atoms with E-state index in [1.54, 1.807) is 18.2 Å². The lowest BCUT2D eigenvalue weighted by atomic mass is 10.3. The van der Waals surface area contributed by atoms with E-state index in [1.807, 2.05) is 19.1 Å². The number of aromatic nitrogens is 2. The minimum Gasteiger partial charge on any atom is -0.481 e. The number of nitrogens with zero attached hydrogens (tertiary/aromatic N) is 1. The van der Waals surface area contributed by atoms with Crippen molar-refractivity contribution < 1.29 is 9.13 Å². The van der Waals surface area contributed by atoms with E-state index < -0.39 is 0 Å². The Morgan fingerprint density at radius 3 is 2.85 bits per heavy atom. The summed E-state index contributed by atoms with van der Waals surface area (Å²) in [7, 11) is 0. The van der Waals surface area contributed by atoms with Crippen LogP contribution in [0.1, 0.15) is 18.9 Å². The number of rotatable bonds is 3. The van der Waals surface area contributed by atoms with E-state index in [0.717, 1.165) is 0 Å². The van der Waals surface area contributed by atoms with Gasteiger partial charge < -0.3 is 9.72 Å². The largest absolute Gasteiger partial charge is 0.481 e. The summed E-state index contributed by atoms with van der Waals surface area (Å²) in [6, 6.07) is 11.7. The SMILES string of the molecule is C[C@H](Oc1ccccc1Cl)c1nc2ccc(F)cc2[nH]1. The lowest BCUT2D eigenvalue weighted by Gasteiger charge is -2.13. The van der Waals surface area contributed by atoms with Crippen molar-refractivity contribution in [3.05, 3.63) is 59.1 Å². The fourth-order valence-corrected chi connectivity index (χ4v) is 2.16. The predicted molar refractivity (Wildman–Crippen MR) is 76.5 cm³/mol. The summed E-state index contributed by atoms with van der Waals surface area (Å²) in [6.45, 7) is 1.86. The molecule has 3 nitrogen and oxygen atoms in total. The molecule has 0 spiro atoms. The third kappa shape index (κ3) is 2.47. The first kappa shape index (κ1) is 12.9. The van der Waals surface area contributed by atoms with E-state index in [4.69, 9.17) is 16.3 Å². The monoisotopic (exact) mass is 290 g/mol. The van der Waals surface area contributed by atoms with Crippen molar-refractivity contribution >= 4 is 22.6 Å². The Morgan fingerprint density at radius 2 is 2.05 bits per heavy atom. The summed E-state index contributed by atoms with van der Waals surface area (Å²) >= 11 is 6.05. The van der Waals surface area contributed by atoms with Crippen LogP contribution in [0.2, 0.25) is 5.02 Å². The number of ether oxygens (including phenoxy) is 1. The van der Waals surface area contributed by atoms with E-state index in [2.05, 4.69) is 9.97 Å². The molecule has 0 saturated heterocycles. The van der Waals surface area contributed by atoms with Gasteiger partial charge in [-0.2, -0.15) is 0 Å². The van der Waals surface area contributed by atoms with Gasteiger partial charge in [0.2, 0.25) is 0 Å². The summed E-state index contributed by atoms with van der Waals surface area (Å²) in [5.74, 6) is 0.922. The van der Waals surface area contributed by atoms with Gasteiger partial charge in [-0.3, -0.25) is 0 Å². The molecular weight excluding hydrogens is 279 g/mol. The number of benzene rings is 2. The van der Waals surface area contributed by atoms with Crippen LogP contribution in [0, 0.1) is 5.82 Å². The van der Waals surface area contributed by atoms with Crippen LogP contribution in [-0.4, -0.2) is 9.97 Å². The molecule has 0 unspecified atom stereocenters. The molecule has 2 aromatic carbocycles. The molecule has 0 saturated carbocycles. The number of fused-ring (bicyclic) bond motifs is 1. The average molecular weight is 291 g/mol. The third-order valence-corrected chi connectivity index (χ3v) is 3.30.